The number of carbonyl (C=O) groups is 1. The summed E-state index contributed by atoms with van der Waals surface area (Å²) in [6.07, 6.45) is 12.0. The molecule has 0 aromatic carbocycles. The second-order valence-corrected chi connectivity index (χ2v) is 10.6. The van der Waals surface area contributed by atoms with E-state index in [4.69, 9.17) is 9.72 Å². The van der Waals surface area contributed by atoms with E-state index in [1.165, 1.54) is 13.2 Å². The van der Waals surface area contributed by atoms with E-state index in [1.54, 1.807) is 12.0 Å². The standard InChI is InChI=1S/C27H37F2N7O2/c1-33-11-13-35(14-12-33)17-19-7-6-10-23(38-3)21(15-19)31-26-30-16-22-24(32-26)36(20-8-4-5-9-20)18-27(28,29)25(37)34(22)2/h7,10,15-16,20H,4-6,8-9,11-14,17-18H2,1-3H3,(H,30,31,32). The van der Waals surface area contributed by atoms with E-state index in [0.29, 0.717) is 17.3 Å². The number of rotatable bonds is 6. The Morgan fingerprint density at radius 1 is 1.13 bits per heavy atom. The van der Waals surface area contributed by atoms with Gasteiger partial charge in [0.2, 0.25) is 5.95 Å². The number of methoxy groups -OCH3 is 1. The summed E-state index contributed by atoms with van der Waals surface area (Å²) in [7, 11) is 5.12. The molecule has 2 fully saturated rings. The van der Waals surface area contributed by atoms with Gasteiger partial charge in [-0.05, 0) is 44.0 Å². The van der Waals surface area contributed by atoms with Crippen molar-refractivity contribution >= 4 is 23.4 Å². The highest BCUT2D eigenvalue weighted by atomic mass is 19.3. The van der Waals surface area contributed by atoms with Gasteiger partial charge in [0.05, 0.1) is 25.5 Å². The van der Waals surface area contributed by atoms with E-state index in [9.17, 15) is 13.6 Å². The SMILES string of the molecule is COC1=CCC=C(CN2CCN(C)CC2)C=C1Nc1ncc2c(n1)N(C1CCCC1)CC(F)(F)C(=O)N2C. The molecule has 9 nitrogen and oxygen atoms in total. The van der Waals surface area contributed by atoms with Crippen molar-refractivity contribution in [3.8, 4) is 0 Å². The molecule has 2 aliphatic heterocycles. The summed E-state index contributed by atoms with van der Waals surface area (Å²) in [5, 5.41) is 3.29. The molecule has 1 aromatic heterocycles. The number of carbonyl (C=O) groups excluding carboxylic acids is 1. The van der Waals surface area contributed by atoms with Crippen LogP contribution in [-0.4, -0.2) is 98.1 Å². The summed E-state index contributed by atoms with van der Waals surface area (Å²) >= 11 is 0. The molecule has 1 saturated heterocycles. The molecular formula is C27H37F2N7O2. The minimum Gasteiger partial charge on any atom is -0.495 e. The molecule has 0 atom stereocenters. The number of aromatic nitrogens is 2. The van der Waals surface area contributed by atoms with Gasteiger partial charge in [-0.15, -0.1) is 0 Å². The number of alkyl halides is 2. The molecule has 1 saturated carbocycles. The number of hydrogen-bond acceptors (Lipinski definition) is 8. The number of hydrogen-bond donors (Lipinski definition) is 1. The quantitative estimate of drug-likeness (QED) is 0.602. The molecule has 11 heteroatoms. The Hall–Kier alpha value is -3.05. The fourth-order valence-corrected chi connectivity index (χ4v) is 5.63. The zero-order valence-corrected chi connectivity index (χ0v) is 22.4. The molecule has 1 aromatic rings. The summed E-state index contributed by atoms with van der Waals surface area (Å²) in [6, 6.07) is -0.0914. The molecule has 5 rings (SSSR count). The second-order valence-electron chi connectivity index (χ2n) is 10.6. The Bertz CT molecular complexity index is 1140. The van der Waals surface area contributed by atoms with Crippen LogP contribution in [0.5, 0.6) is 0 Å². The van der Waals surface area contributed by atoms with Crippen LogP contribution in [0.15, 0.2) is 41.5 Å². The van der Waals surface area contributed by atoms with Crippen molar-refractivity contribution in [2.24, 2.45) is 0 Å². The molecule has 4 aliphatic rings. The van der Waals surface area contributed by atoms with Gasteiger partial charge in [0, 0.05) is 45.8 Å². The van der Waals surface area contributed by atoms with Gasteiger partial charge in [0.25, 0.3) is 5.91 Å². The highest BCUT2D eigenvalue weighted by Gasteiger charge is 2.48. The predicted octanol–water partition coefficient (Wildman–Crippen LogP) is 3.24. The van der Waals surface area contributed by atoms with Crippen molar-refractivity contribution < 1.29 is 18.3 Å². The Balaban J connectivity index is 1.44. The van der Waals surface area contributed by atoms with E-state index in [2.05, 4.69) is 33.2 Å². The molecular weight excluding hydrogens is 492 g/mol. The van der Waals surface area contributed by atoms with Gasteiger partial charge in [-0.3, -0.25) is 9.69 Å². The van der Waals surface area contributed by atoms with Crippen LogP contribution in [0.2, 0.25) is 0 Å². The molecule has 3 heterocycles. The van der Waals surface area contributed by atoms with Gasteiger partial charge in [0.15, 0.2) is 5.82 Å². The first kappa shape index (κ1) is 26.6. The number of allylic oxidation sites excluding steroid dienone is 2. The molecule has 2 aliphatic carbocycles. The third-order valence-electron chi connectivity index (χ3n) is 7.88. The first-order chi connectivity index (χ1) is 18.2. The lowest BCUT2D eigenvalue weighted by Gasteiger charge is -2.32. The highest BCUT2D eigenvalue weighted by Crippen LogP contribution is 2.39. The number of ether oxygens (including phenoxy) is 1. The number of piperazine rings is 1. The average molecular weight is 530 g/mol. The van der Waals surface area contributed by atoms with Crippen LogP contribution in [-0.2, 0) is 9.53 Å². The van der Waals surface area contributed by atoms with E-state index in [1.807, 2.05) is 12.2 Å². The van der Waals surface area contributed by atoms with E-state index in [0.717, 1.165) is 75.3 Å². The van der Waals surface area contributed by atoms with Crippen molar-refractivity contribution in [2.75, 3.05) is 75.6 Å². The summed E-state index contributed by atoms with van der Waals surface area (Å²) in [5.74, 6) is -3.46. The van der Waals surface area contributed by atoms with E-state index in [-0.39, 0.29) is 17.7 Å². The van der Waals surface area contributed by atoms with Gasteiger partial charge < -0.3 is 24.8 Å². The van der Waals surface area contributed by atoms with Crippen molar-refractivity contribution in [1.82, 2.24) is 19.8 Å². The Kier molecular flexibility index (Phi) is 7.67. The van der Waals surface area contributed by atoms with E-state index >= 15 is 0 Å². The second kappa shape index (κ2) is 11.0. The van der Waals surface area contributed by atoms with Crippen LogP contribution in [0.3, 0.4) is 0 Å². The minimum absolute atomic E-state index is 0.0914. The van der Waals surface area contributed by atoms with Crippen molar-refractivity contribution in [3.63, 3.8) is 0 Å². The van der Waals surface area contributed by atoms with Gasteiger partial charge in [-0.2, -0.15) is 13.8 Å². The average Bonchev–Trinajstić information content (AvgIpc) is 3.35. The smallest absolute Gasteiger partial charge is 0.342 e. The Morgan fingerprint density at radius 3 is 2.58 bits per heavy atom. The molecule has 1 N–H and O–H groups in total. The van der Waals surface area contributed by atoms with Crippen LogP contribution < -0.4 is 15.1 Å². The number of fused-ring (bicyclic) bond motifs is 1. The number of nitrogens with zero attached hydrogens (tertiary/aromatic N) is 6. The van der Waals surface area contributed by atoms with Crippen molar-refractivity contribution in [2.45, 2.75) is 44.1 Å². The fraction of sp³-hybridized carbons (Fsp3) is 0.593. The topological polar surface area (TPSA) is 77.1 Å². The van der Waals surface area contributed by atoms with Crippen molar-refractivity contribution in [1.29, 1.82) is 0 Å². The predicted molar refractivity (Wildman–Crippen MR) is 143 cm³/mol. The molecule has 0 spiro atoms. The van der Waals surface area contributed by atoms with Crippen LogP contribution in [0.1, 0.15) is 32.1 Å². The zero-order chi connectivity index (χ0) is 26.9. The van der Waals surface area contributed by atoms with Crippen LogP contribution in [0.25, 0.3) is 0 Å². The number of halogens is 2. The third-order valence-corrected chi connectivity index (χ3v) is 7.88. The maximum absolute atomic E-state index is 14.9. The lowest BCUT2D eigenvalue weighted by atomic mass is 10.1. The number of nitrogens with one attached hydrogen (secondary N) is 1. The van der Waals surface area contributed by atoms with E-state index < -0.39 is 18.4 Å². The normalized spacial score (nSPS) is 23.3. The Morgan fingerprint density at radius 2 is 1.87 bits per heavy atom. The highest BCUT2D eigenvalue weighted by molar-refractivity contribution is 6.02. The first-order valence-corrected chi connectivity index (χ1v) is 13.4. The number of likely N-dealkylation sites (N-methyl/N-ethyl adjacent to an activating group) is 1. The third kappa shape index (κ3) is 5.54. The van der Waals surface area contributed by atoms with Gasteiger partial charge in [-0.1, -0.05) is 18.9 Å². The molecule has 0 unspecified atom stereocenters. The number of amides is 1. The van der Waals surface area contributed by atoms with Crippen LogP contribution in [0, 0.1) is 0 Å². The maximum atomic E-state index is 14.9. The minimum atomic E-state index is -3.51. The zero-order valence-electron chi connectivity index (χ0n) is 22.4. The number of anilines is 3. The monoisotopic (exact) mass is 529 g/mol. The van der Waals surface area contributed by atoms with Gasteiger partial charge in [-0.25, -0.2) is 4.98 Å². The van der Waals surface area contributed by atoms with Crippen molar-refractivity contribution in [3.05, 3.63) is 41.5 Å². The summed E-state index contributed by atoms with van der Waals surface area (Å²) in [6.45, 7) is 4.24. The first-order valence-electron chi connectivity index (χ1n) is 13.4. The van der Waals surface area contributed by atoms with Gasteiger partial charge in [0.1, 0.15) is 11.4 Å². The summed E-state index contributed by atoms with van der Waals surface area (Å²) in [5.41, 5.74) is 2.16. The Labute approximate surface area is 222 Å². The largest absolute Gasteiger partial charge is 0.495 e. The molecule has 1 amide bonds. The molecule has 206 valence electrons. The summed E-state index contributed by atoms with van der Waals surface area (Å²) < 4.78 is 35.5. The fourth-order valence-electron chi connectivity index (χ4n) is 5.63. The lowest BCUT2D eigenvalue weighted by Crippen LogP contribution is -2.48. The van der Waals surface area contributed by atoms with Gasteiger partial charge >= 0.3 is 5.92 Å². The molecule has 0 radical (unpaired) electrons. The van der Waals surface area contributed by atoms with Crippen LogP contribution >= 0.6 is 0 Å². The molecule has 38 heavy (non-hydrogen) atoms. The lowest BCUT2D eigenvalue weighted by molar-refractivity contribution is -0.140. The van der Waals surface area contributed by atoms with Crippen LogP contribution in [0.4, 0.5) is 26.2 Å². The molecule has 0 bridgehead atoms. The maximum Gasteiger partial charge on any atom is 0.342 e. The summed E-state index contributed by atoms with van der Waals surface area (Å²) in [4.78, 5) is 29.1.